The predicted octanol–water partition coefficient (Wildman–Crippen LogP) is 1.44. The lowest BCUT2D eigenvalue weighted by Crippen LogP contribution is -2.09. The van der Waals surface area contributed by atoms with Crippen molar-refractivity contribution in [2.45, 2.75) is 39.5 Å². The van der Waals surface area contributed by atoms with E-state index in [-0.39, 0.29) is 5.92 Å². The molecule has 0 aromatic carbocycles. The normalized spacial score (nSPS) is 10.9. The highest BCUT2D eigenvalue weighted by Gasteiger charge is 2.08. The number of hydrogen-bond donors (Lipinski definition) is 3. The lowest BCUT2D eigenvalue weighted by molar-refractivity contribution is -0.159. The zero-order valence-electron chi connectivity index (χ0n) is 9.47. The van der Waals surface area contributed by atoms with Gasteiger partial charge in [-0.25, -0.2) is 9.59 Å². The lowest BCUT2D eigenvalue weighted by Gasteiger charge is -2.03. The zero-order valence-corrected chi connectivity index (χ0v) is 9.47. The zero-order chi connectivity index (χ0) is 13.1. The molecule has 0 aromatic rings. The Balaban J connectivity index is 0. The van der Waals surface area contributed by atoms with E-state index < -0.39 is 17.9 Å². The Morgan fingerprint density at radius 3 is 1.69 bits per heavy atom. The molecule has 0 bridgehead atoms. The summed E-state index contributed by atoms with van der Waals surface area (Å²) < 4.78 is 0. The summed E-state index contributed by atoms with van der Waals surface area (Å²) in [6.07, 6.45) is 4.18. The smallest absolute Gasteiger partial charge is 0.414 e. The fraction of sp³-hybridized carbons (Fsp3) is 0.700. The summed E-state index contributed by atoms with van der Waals surface area (Å²) in [4.78, 5) is 28.5. The Morgan fingerprint density at radius 2 is 1.44 bits per heavy atom. The van der Waals surface area contributed by atoms with Crippen molar-refractivity contribution in [3.05, 3.63) is 0 Å². The third-order valence-corrected chi connectivity index (χ3v) is 1.85. The summed E-state index contributed by atoms with van der Waals surface area (Å²) in [5.41, 5.74) is 0. The summed E-state index contributed by atoms with van der Waals surface area (Å²) in [5.74, 6) is -4.48. The SMILES string of the molecule is CCCCCC(C)C(=O)O.O=C(O)C(=O)O. The maximum Gasteiger partial charge on any atom is 0.414 e. The number of rotatable bonds is 5. The summed E-state index contributed by atoms with van der Waals surface area (Å²) in [6.45, 7) is 3.88. The van der Waals surface area contributed by atoms with E-state index in [4.69, 9.17) is 24.9 Å². The van der Waals surface area contributed by atoms with Crippen LogP contribution in [0.1, 0.15) is 39.5 Å². The number of aliphatic carboxylic acids is 3. The molecule has 0 amide bonds. The van der Waals surface area contributed by atoms with E-state index in [1.54, 1.807) is 6.92 Å². The van der Waals surface area contributed by atoms with Gasteiger partial charge in [-0.3, -0.25) is 4.79 Å². The second kappa shape index (κ2) is 9.95. The second-order valence-electron chi connectivity index (χ2n) is 3.35. The van der Waals surface area contributed by atoms with E-state index in [1.807, 2.05) is 0 Å². The molecule has 3 N–H and O–H groups in total. The molecule has 0 aliphatic carbocycles. The standard InChI is InChI=1S/C8H16O2.C2H2O4/c1-3-4-5-6-7(2)8(9)10;3-1(4)2(5)6/h7H,3-6H2,1-2H3,(H,9,10);(H,3,4)(H,5,6). The van der Waals surface area contributed by atoms with Crippen molar-refractivity contribution in [2.75, 3.05) is 0 Å². The minimum Gasteiger partial charge on any atom is -0.481 e. The van der Waals surface area contributed by atoms with Crippen molar-refractivity contribution in [3.8, 4) is 0 Å². The molecule has 0 saturated heterocycles. The third kappa shape index (κ3) is 12.4. The largest absolute Gasteiger partial charge is 0.481 e. The van der Waals surface area contributed by atoms with Crippen LogP contribution in [0.2, 0.25) is 0 Å². The van der Waals surface area contributed by atoms with Crippen LogP contribution in [0.15, 0.2) is 0 Å². The monoisotopic (exact) mass is 234 g/mol. The van der Waals surface area contributed by atoms with Crippen molar-refractivity contribution in [2.24, 2.45) is 5.92 Å². The van der Waals surface area contributed by atoms with Crippen molar-refractivity contribution in [1.29, 1.82) is 0 Å². The molecular weight excluding hydrogens is 216 g/mol. The first-order valence-electron chi connectivity index (χ1n) is 5.01. The van der Waals surface area contributed by atoms with Crippen LogP contribution in [0, 0.1) is 5.92 Å². The molecule has 6 heteroatoms. The first kappa shape index (κ1) is 16.8. The fourth-order valence-electron chi connectivity index (χ4n) is 0.824. The molecule has 0 fully saturated rings. The van der Waals surface area contributed by atoms with Crippen LogP contribution in [0.5, 0.6) is 0 Å². The molecular formula is C10H18O6. The van der Waals surface area contributed by atoms with Crippen LogP contribution in [0.25, 0.3) is 0 Å². The third-order valence-electron chi connectivity index (χ3n) is 1.85. The molecule has 0 aromatic heterocycles. The van der Waals surface area contributed by atoms with Gasteiger partial charge in [0.25, 0.3) is 0 Å². The minimum atomic E-state index is -1.82. The first-order valence-corrected chi connectivity index (χ1v) is 5.01. The summed E-state index contributed by atoms with van der Waals surface area (Å²) in [5, 5.41) is 23.3. The summed E-state index contributed by atoms with van der Waals surface area (Å²) >= 11 is 0. The van der Waals surface area contributed by atoms with Gasteiger partial charge in [0.2, 0.25) is 0 Å². The molecule has 1 atom stereocenters. The highest BCUT2D eigenvalue weighted by molar-refractivity contribution is 6.27. The molecule has 0 radical (unpaired) electrons. The van der Waals surface area contributed by atoms with Gasteiger partial charge in [0, 0.05) is 0 Å². The maximum absolute atomic E-state index is 10.3. The molecule has 0 spiro atoms. The van der Waals surface area contributed by atoms with E-state index in [9.17, 15) is 4.79 Å². The quantitative estimate of drug-likeness (QED) is 0.490. The Labute approximate surface area is 93.9 Å². The Hall–Kier alpha value is -1.59. The molecule has 0 aliphatic rings. The second-order valence-corrected chi connectivity index (χ2v) is 3.35. The average Bonchev–Trinajstić information content (AvgIpc) is 2.18. The van der Waals surface area contributed by atoms with E-state index in [2.05, 4.69) is 6.92 Å². The van der Waals surface area contributed by atoms with Crippen molar-refractivity contribution < 1.29 is 29.7 Å². The van der Waals surface area contributed by atoms with Crippen LogP contribution in [0.4, 0.5) is 0 Å². The lowest BCUT2D eigenvalue weighted by atomic mass is 10.0. The predicted molar refractivity (Wildman–Crippen MR) is 56.2 cm³/mol. The van der Waals surface area contributed by atoms with Crippen molar-refractivity contribution >= 4 is 17.9 Å². The van der Waals surface area contributed by atoms with Crippen molar-refractivity contribution in [1.82, 2.24) is 0 Å². The average molecular weight is 234 g/mol. The van der Waals surface area contributed by atoms with Crippen LogP contribution in [-0.4, -0.2) is 33.2 Å². The molecule has 1 unspecified atom stereocenters. The molecule has 94 valence electrons. The molecule has 0 saturated carbocycles. The summed E-state index contributed by atoms with van der Waals surface area (Å²) in [7, 11) is 0. The molecule has 16 heavy (non-hydrogen) atoms. The van der Waals surface area contributed by atoms with Gasteiger partial charge in [-0.1, -0.05) is 33.1 Å². The van der Waals surface area contributed by atoms with E-state index >= 15 is 0 Å². The van der Waals surface area contributed by atoms with Gasteiger partial charge in [0.05, 0.1) is 5.92 Å². The van der Waals surface area contributed by atoms with Gasteiger partial charge in [-0.2, -0.15) is 0 Å². The number of carbonyl (C=O) groups is 3. The number of carboxylic acid groups (broad SMARTS) is 3. The number of carboxylic acids is 3. The summed E-state index contributed by atoms with van der Waals surface area (Å²) in [6, 6.07) is 0. The van der Waals surface area contributed by atoms with Crippen LogP contribution in [0.3, 0.4) is 0 Å². The van der Waals surface area contributed by atoms with Crippen LogP contribution >= 0.6 is 0 Å². The Kier molecular flexibility index (Phi) is 10.5. The highest BCUT2D eigenvalue weighted by atomic mass is 16.4. The van der Waals surface area contributed by atoms with Gasteiger partial charge in [-0.15, -0.1) is 0 Å². The van der Waals surface area contributed by atoms with Crippen LogP contribution in [-0.2, 0) is 14.4 Å². The number of hydrogen-bond acceptors (Lipinski definition) is 3. The Bertz CT molecular complexity index is 223. The minimum absolute atomic E-state index is 0.161. The van der Waals surface area contributed by atoms with Gasteiger partial charge < -0.3 is 15.3 Å². The van der Waals surface area contributed by atoms with Gasteiger partial charge in [-0.05, 0) is 6.42 Å². The maximum atomic E-state index is 10.3. The fourth-order valence-corrected chi connectivity index (χ4v) is 0.824. The molecule has 0 heterocycles. The van der Waals surface area contributed by atoms with Crippen molar-refractivity contribution in [3.63, 3.8) is 0 Å². The van der Waals surface area contributed by atoms with E-state index in [0.29, 0.717) is 0 Å². The Morgan fingerprint density at radius 1 is 1.00 bits per heavy atom. The molecule has 0 rings (SSSR count). The van der Waals surface area contributed by atoms with E-state index in [0.717, 1.165) is 25.7 Å². The van der Waals surface area contributed by atoms with Crippen LogP contribution < -0.4 is 0 Å². The van der Waals surface area contributed by atoms with E-state index in [1.165, 1.54) is 0 Å². The van der Waals surface area contributed by atoms with Gasteiger partial charge in [0.1, 0.15) is 0 Å². The molecule has 6 nitrogen and oxygen atoms in total. The number of unbranched alkanes of at least 4 members (excludes halogenated alkanes) is 2. The van der Waals surface area contributed by atoms with Gasteiger partial charge >= 0.3 is 17.9 Å². The van der Waals surface area contributed by atoms with Gasteiger partial charge in [0.15, 0.2) is 0 Å². The molecule has 0 aliphatic heterocycles. The highest BCUT2D eigenvalue weighted by Crippen LogP contribution is 2.08. The first-order chi connectivity index (χ1) is 7.32. The topological polar surface area (TPSA) is 112 Å².